The average Bonchev–Trinajstić information content (AvgIpc) is 2.74. The van der Waals surface area contributed by atoms with Gasteiger partial charge in [-0.2, -0.15) is 5.10 Å². The van der Waals surface area contributed by atoms with Crippen molar-refractivity contribution in [2.45, 2.75) is 51.1 Å². The first-order valence-electron chi connectivity index (χ1n) is 6.53. The summed E-state index contributed by atoms with van der Waals surface area (Å²) in [4.78, 5) is 0. The molecule has 0 bridgehead atoms. The first-order valence-corrected chi connectivity index (χ1v) is 6.91. The van der Waals surface area contributed by atoms with Gasteiger partial charge in [0, 0.05) is 19.4 Å². The number of rotatable bonds is 4. The van der Waals surface area contributed by atoms with Gasteiger partial charge < -0.3 is 0 Å². The molecule has 1 atom stereocenters. The fourth-order valence-electron chi connectivity index (χ4n) is 2.77. The summed E-state index contributed by atoms with van der Waals surface area (Å²) < 4.78 is 28.2. The lowest BCUT2D eigenvalue weighted by molar-refractivity contribution is -0.0500. The molecule has 0 aromatic carbocycles. The molecule has 1 aromatic heterocycles. The molecule has 1 aromatic rings. The van der Waals surface area contributed by atoms with Gasteiger partial charge >= 0.3 is 0 Å². The van der Waals surface area contributed by atoms with Gasteiger partial charge in [0.05, 0.1) is 23.0 Å². The summed E-state index contributed by atoms with van der Waals surface area (Å²) in [5.41, 5.74) is 3.52. The number of hydrazine groups is 1. The van der Waals surface area contributed by atoms with Crippen LogP contribution in [0.3, 0.4) is 0 Å². The lowest BCUT2D eigenvalue weighted by Gasteiger charge is -2.33. The summed E-state index contributed by atoms with van der Waals surface area (Å²) in [5.74, 6) is 3.14. The Morgan fingerprint density at radius 2 is 2.21 bits per heavy atom. The lowest BCUT2D eigenvalue weighted by Crippen LogP contribution is -2.38. The summed E-state index contributed by atoms with van der Waals surface area (Å²) in [6.07, 6.45) is 2.27. The van der Waals surface area contributed by atoms with Gasteiger partial charge in [-0.15, -0.1) is 0 Å². The third-order valence-electron chi connectivity index (χ3n) is 3.84. The molecule has 0 radical (unpaired) electrons. The fourth-order valence-corrected chi connectivity index (χ4v) is 3.03. The molecule has 3 N–H and O–H groups in total. The molecule has 0 saturated heterocycles. The van der Waals surface area contributed by atoms with E-state index < -0.39 is 5.92 Å². The first-order chi connectivity index (χ1) is 8.98. The van der Waals surface area contributed by atoms with E-state index in [0.717, 1.165) is 5.69 Å². The highest BCUT2D eigenvalue weighted by Gasteiger charge is 2.39. The van der Waals surface area contributed by atoms with Gasteiger partial charge in [0.2, 0.25) is 5.92 Å². The Labute approximate surface area is 116 Å². The Hall–Kier alpha value is -0.720. The Morgan fingerprint density at radius 3 is 2.74 bits per heavy atom. The number of alkyl halides is 2. The molecule has 108 valence electrons. The van der Waals surface area contributed by atoms with Crippen molar-refractivity contribution in [1.82, 2.24) is 15.2 Å². The van der Waals surface area contributed by atoms with Crippen LogP contribution in [0.4, 0.5) is 8.78 Å². The van der Waals surface area contributed by atoms with E-state index in [2.05, 4.69) is 10.5 Å². The topological polar surface area (TPSA) is 55.9 Å². The number of nitrogens with zero attached hydrogens (tertiary/aromatic N) is 2. The van der Waals surface area contributed by atoms with E-state index in [1.807, 2.05) is 6.92 Å². The second-order valence-electron chi connectivity index (χ2n) is 5.03. The third-order valence-corrected chi connectivity index (χ3v) is 4.13. The van der Waals surface area contributed by atoms with Gasteiger partial charge in [-0.3, -0.25) is 16.0 Å². The number of hydrogen-bond acceptors (Lipinski definition) is 3. The van der Waals surface area contributed by atoms with Crippen LogP contribution in [0.2, 0.25) is 5.02 Å². The second kappa shape index (κ2) is 5.73. The Balaban J connectivity index is 2.18. The first kappa shape index (κ1) is 14.7. The van der Waals surface area contributed by atoms with Crippen LogP contribution in [0, 0.1) is 5.92 Å². The zero-order valence-corrected chi connectivity index (χ0v) is 11.6. The number of aryl methyl sites for hydroxylation is 1. The maximum absolute atomic E-state index is 13.2. The van der Waals surface area contributed by atoms with Crippen molar-refractivity contribution in [1.29, 1.82) is 0 Å². The predicted molar refractivity (Wildman–Crippen MR) is 69.9 cm³/mol. The van der Waals surface area contributed by atoms with Crippen LogP contribution in [-0.2, 0) is 6.54 Å². The van der Waals surface area contributed by atoms with Gasteiger partial charge in [0.25, 0.3) is 0 Å². The molecule has 2 rings (SSSR count). The van der Waals surface area contributed by atoms with Crippen molar-refractivity contribution in [3.63, 3.8) is 0 Å². The van der Waals surface area contributed by atoms with E-state index in [4.69, 9.17) is 17.4 Å². The van der Waals surface area contributed by atoms with Crippen molar-refractivity contribution in [3.05, 3.63) is 16.9 Å². The minimum atomic E-state index is -2.54. The number of hydrogen-bond donors (Lipinski definition) is 2. The van der Waals surface area contributed by atoms with Crippen LogP contribution in [0.25, 0.3) is 0 Å². The fraction of sp³-hybridized carbons (Fsp3) is 0.750. The predicted octanol–water partition coefficient (Wildman–Crippen LogP) is 2.89. The SMILES string of the molecule is CCn1ncc(Cl)c1C(NN)C1CCC(F)(F)CC1. The highest BCUT2D eigenvalue weighted by atomic mass is 35.5. The smallest absolute Gasteiger partial charge is 0.248 e. The number of aromatic nitrogens is 2. The van der Waals surface area contributed by atoms with Crippen LogP contribution in [-0.4, -0.2) is 15.7 Å². The quantitative estimate of drug-likeness (QED) is 0.663. The molecular weight excluding hydrogens is 274 g/mol. The Morgan fingerprint density at radius 1 is 1.58 bits per heavy atom. The molecule has 1 aliphatic rings. The maximum atomic E-state index is 13.2. The van der Waals surface area contributed by atoms with Crippen LogP contribution < -0.4 is 11.3 Å². The monoisotopic (exact) mass is 292 g/mol. The summed E-state index contributed by atoms with van der Waals surface area (Å²) in [6, 6.07) is -0.231. The highest BCUT2D eigenvalue weighted by Crippen LogP contribution is 2.42. The summed E-state index contributed by atoms with van der Waals surface area (Å²) in [7, 11) is 0. The summed E-state index contributed by atoms with van der Waals surface area (Å²) in [6.45, 7) is 2.62. The van der Waals surface area contributed by atoms with E-state index in [1.165, 1.54) is 0 Å². The zero-order chi connectivity index (χ0) is 14.0. The normalized spacial score (nSPS) is 21.5. The molecular formula is C12H19ClF2N4. The number of nitrogens with two attached hydrogens (primary N) is 1. The molecule has 7 heteroatoms. The van der Waals surface area contributed by atoms with Crippen molar-refractivity contribution < 1.29 is 8.78 Å². The summed E-state index contributed by atoms with van der Waals surface area (Å²) >= 11 is 6.15. The summed E-state index contributed by atoms with van der Waals surface area (Å²) in [5, 5.41) is 4.70. The van der Waals surface area contributed by atoms with E-state index in [-0.39, 0.29) is 24.8 Å². The molecule has 0 spiro atoms. The lowest BCUT2D eigenvalue weighted by atomic mass is 9.81. The Kier molecular flexibility index (Phi) is 4.43. The van der Waals surface area contributed by atoms with Crippen LogP contribution >= 0.6 is 11.6 Å². The molecule has 1 saturated carbocycles. The number of nitrogens with one attached hydrogen (secondary N) is 1. The van der Waals surface area contributed by atoms with Crippen molar-refractivity contribution in [2.75, 3.05) is 0 Å². The molecule has 1 heterocycles. The van der Waals surface area contributed by atoms with Gasteiger partial charge in [0.1, 0.15) is 0 Å². The minimum absolute atomic E-state index is 0.0594. The van der Waals surface area contributed by atoms with Gasteiger partial charge in [-0.25, -0.2) is 8.78 Å². The number of halogens is 3. The zero-order valence-electron chi connectivity index (χ0n) is 10.9. The van der Waals surface area contributed by atoms with E-state index >= 15 is 0 Å². The Bertz CT molecular complexity index is 425. The van der Waals surface area contributed by atoms with Gasteiger partial charge in [0.15, 0.2) is 0 Å². The van der Waals surface area contributed by atoms with Crippen molar-refractivity contribution in [2.24, 2.45) is 11.8 Å². The minimum Gasteiger partial charge on any atom is -0.271 e. The molecule has 4 nitrogen and oxygen atoms in total. The molecule has 19 heavy (non-hydrogen) atoms. The van der Waals surface area contributed by atoms with Gasteiger partial charge in [-0.05, 0) is 25.7 Å². The van der Waals surface area contributed by atoms with E-state index in [9.17, 15) is 8.78 Å². The van der Waals surface area contributed by atoms with E-state index in [0.29, 0.717) is 24.4 Å². The molecule has 0 aliphatic heterocycles. The average molecular weight is 293 g/mol. The second-order valence-corrected chi connectivity index (χ2v) is 5.44. The molecule has 1 unspecified atom stereocenters. The largest absolute Gasteiger partial charge is 0.271 e. The molecule has 1 fully saturated rings. The van der Waals surface area contributed by atoms with Crippen molar-refractivity contribution >= 4 is 11.6 Å². The molecule has 0 amide bonds. The highest BCUT2D eigenvalue weighted by molar-refractivity contribution is 6.31. The van der Waals surface area contributed by atoms with Crippen molar-refractivity contribution in [3.8, 4) is 0 Å². The van der Waals surface area contributed by atoms with Crippen LogP contribution in [0.5, 0.6) is 0 Å². The molecule has 1 aliphatic carbocycles. The third kappa shape index (κ3) is 3.07. The van der Waals surface area contributed by atoms with Crippen LogP contribution in [0.1, 0.15) is 44.3 Å². The van der Waals surface area contributed by atoms with E-state index in [1.54, 1.807) is 10.9 Å². The standard InChI is InChI=1S/C12H19ClF2N4/c1-2-19-11(9(13)7-17-19)10(18-16)8-3-5-12(14,15)6-4-8/h7-8,10,18H,2-6,16H2,1H3. The van der Waals surface area contributed by atoms with Gasteiger partial charge in [-0.1, -0.05) is 11.6 Å². The maximum Gasteiger partial charge on any atom is 0.248 e. The van der Waals surface area contributed by atoms with Crippen LogP contribution in [0.15, 0.2) is 6.20 Å².